The van der Waals surface area contributed by atoms with E-state index in [2.05, 4.69) is 21.0 Å². The van der Waals surface area contributed by atoms with E-state index in [-0.39, 0.29) is 11.8 Å². The number of hydrogen-bond acceptors (Lipinski definition) is 2. The summed E-state index contributed by atoms with van der Waals surface area (Å²) < 4.78 is 2.46. The first kappa shape index (κ1) is 14.3. The van der Waals surface area contributed by atoms with E-state index in [1.165, 1.54) is 0 Å². The maximum atomic E-state index is 12.4. The van der Waals surface area contributed by atoms with E-state index in [0.29, 0.717) is 17.1 Å². The molecule has 2 aromatic rings. The van der Waals surface area contributed by atoms with Crippen LogP contribution in [0.15, 0.2) is 34.9 Å². The minimum Gasteiger partial charge on any atom is -0.292 e. The van der Waals surface area contributed by atoms with Crippen molar-refractivity contribution in [1.29, 1.82) is 0 Å². The highest BCUT2D eigenvalue weighted by Crippen LogP contribution is 2.22. The van der Waals surface area contributed by atoms with E-state index < -0.39 is 0 Å². The summed E-state index contributed by atoms with van der Waals surface area (Å²) in [5.74, 6) is 0.0281. The van der Waals surface area contributed by atoms with Gasteiger partial charge in [0, 0.05) is 17.5 Å². The number of aromatic nitrogens is 2. The Kier molecular flexibility index (Phi) is 4.42. The molecule has 0 N–H and O–H groups in total. The van der Waals surface area contributed by atoms with Crippen molar-refractivity contribution in [3.8, 4) is 0 Å². The van der Waals surface area contributed by atoms with E-state index in [1.54, 1.807) is 16.9 Å². The average Bonchev–Trinajstić information content (AvgIpc) is 2.71. The lowest BCUT2D eigenvalue weighted by Crippen LogP contribution is -2.14. The fourth-order valence-corrected chi connectivity index (χ4v) is 2.62. The van der Waals surface area contributed by atoms with Gasteiger partial charge in [-0.1, -0.05) is 23.7 Å². The van der Waals surface area contributed by atoms with Gasteiger partial charge in [0.05, 0.1) is 10.7 Å². The molecule has 100 valence electrons. The molecule has 0 saturated heterocycles. The van der Waals surface area contributed by atoms with Crippen LogP contribution in [0.2, 0.25) is 5.02 Å². The smallest absolute Gasteiger partial charge is 0.186 e. The van der Waals surface area contributed by atoms with Gasteiger partial charge in [-0.05, 0) is 47.5 Å². The van der Waals surface area contributed by atoms with Crippen LogP contribution in [0.25, 0.3) is 0 Å². The van der Waals surface area contributed by atoms with E-state index in [9.17, 15) is 4.79 Å². The van der Waals surface area contributed by atoms with Gasteiger partial charge in [0.2, 0.25) is 0 Å². The minimum absolute atomic E-state index is 0.0281. The number of Topliss-reactive ketones (excluding diaryl/α,β-unsaturated/α-hetero) is 1. The van der Waals surface area contributed by atoms with Crippen LogP contribution >= 0.6 is 27.5 Å². The van der Waals surface area contributed by atoms with Crippen molar-refractivity contribution < 1.29 is 4.79 Å². The number of carbonyl (C=O) groups is 1. The molecule has 0 aliphatic heterocycles. The number of nitrogens with zero attached hydrogens (tertiary/aromatic N) is 2. The number of ketones is 1. The molecule has 0 unspecified atom stereocenters. The van der Waals surface area contributed by atoms with Gasteiger partial charge in [-0.25, -0.2) is 0 Å². The second-order valence-electron chi connectivity index (χ2n) is 4.61. The average molecular weight is 342 g/mol. The van der Waals surface area contributed by atoms with Gasteiger partial charge in [0.25, 0.3) is 0 Å². The van der Waals surface area contributed by atoms with Crippen molar-refractivity contribution in [2.75, 3.05) is 0 Å². The summed E-state index contributed by atoms with van der Waals surface area (Å²) in [6.45, 7) is 3.99. The molecule has 5 heteroatoms. The molecule has 0 aliphatic carbocycles. The molecule has 0 amide bonds. The fraction of sp³-hybridized carbons (Fsp3) is 0.286. The molecule has 1 aromatic heterocycles. The van der Waals surface area contributed by atoms with E-state index in [1.807, 2.05) is 32.0 Å². The third-order valence-electron chi connectivity index (χ3n) is 2.76. The Labute approximate surface area is 125 Å². The molecular weight excluding hydrogens is 328 g/mol. The largest absolute Gasteiger partial charge is 0.292 e. The Bertz CT molecular complexity index is 607. The third kappa shape index (κ3) is 3.25. The van der Waals surface area contributed by atoms with Crippen molar-refractivity contribution in [1.82, 2.24) is 9.78 Å². The van der Waals surface area contributed by atoms with Crippen LogP contribution in [0.3, 0.4) is 0 Å². The summed E-state index contributed by atoms with van der Waals surface area (Å²) in [5, 5.41) is 4.86. The maximum Gasteiger partial charge on any atom is 0.186 e. The van der Waals surface area contributed by atoms with Gasteiger partial charge in [-0.2, -0.15) is 5.10 Å². The van der Waals surface area contributed by atoms with Crippen molar-refractivity contribution in [2.45, 2.75) is 26.3 Å². The van der Waals surface area contributed by atoms with Crippen LogP contribution in [0.4, 0.5) is 0 Å². The van der Waals surface area contributed by atoms with Crippen molar-refractivity contribution in [3.05, 3.63) is 51.2 Å². The second-order valence-corrected chi connectivity index (χ2v) is 5.90. The first-order valence-electron chi connectivity index (χ1n) is 5.99. The lowest BCUT2D eigenvalue weighted by Gasteiger charge is -2.10. The van der Waals surface area contributed by atoms with Crippen LogP contribution < -0.4 is 0 Å². The Hall–Kier alpha value is -1.13. The summed E-state index contributed by atoms with van der Waals surface area (Å²) >= 11 is 9.31. The highest BCUT2D eigenvalue weighted by molar-refractivity contribution is 9.10. The summed E-state index contributed by atoms with van der Waals surface area (Å²) in [7, 11) is 0. The predicted octanol–water partition coefficient (Wildman–Crippen LogP) is 4.31. The number of halogens is 2. The zero-order chi connectivity index (χ0) is 14.0. The summed E-state index contributed by atoms with van der Waals surface area (Å²) in [4.78, 5) is 12.4. The van der Waals surface area contributed by atoms with Gasteiger partial charge < -0.3 is 0 Å². The Morgan fingerprint density at radius 3 is 2.84 bits per heavy atom. The third-order valence-corrected chi connectivity index (χ3v) is 3.57. The maximum absolute atomic E-state index is 12.4. The molecule has 0 saturated carbocycles. The normalized spacial score (nSPS) is 11.0. The van der Waals surface area contributed by atoms with Crippen molar-refractivity contribution in [3.63, 3.8) is 0 Å². The SMILES string of the molecule is CC(C)n1ncc(Br)c1C(=O)Cc1cccc(Cl)c1. The van der Waals surface area contributed by atoms with Crippen LogP contribution in [0, 0.1) is 0 Å². The number of rotatable bonds is 4. The van der Waals surface area contributed by atoms with E-state index >= 15 is 0 Å². The minimum atomic E-state index is 0.0281. The lowest BCUT2D eigenvalue weighted by atomic mass is 10.1. The topological polar surface area (TPSA) is 34.9 Å². The Balaban J connectivity index is 2.28. The second kappa shape index (κ2) is 5.88. The van der Waals surface area contributed by atoms with Gasteiger partial charge in [0.15, 0.2) is 5.78 Å². The monoisotopic (exact) mass is 340 g/mol. The molecule has 3 nitrogen and oxygen atoms in total. The van der Waals surface area contributed by atoms with Crippen LogP contribution in [-0.2, 0) is 6.42 Å². The summed E-state index contributed by atoms with van der Waals surface area (Å²) in [5.41, 5.74) is 1.51. The molecule has 0 atom stereocenters. The highest BCUT2D eigenvalue weighted by atomic mass is 79.9. The molecule has 0 aliphatic rings. The summed E-state index contributed by atoms with van der Waals surface area (Å²) in [6, 6.07) is 7.49. The highest BCUT2D eigenvalue weighted by Gasteiger charge is 2.19. The molecule has 0 radical (unpaired) electrons. The van der Waals surface area contributed by atoms with E-state index in [4.69, 9.17) is 11.6 Å². The van der Waals surface area contributed by atoms with Gasteiger partial charge >= 0.3 is 0 Å². The molecule has 0 bridgehead atoms. The molecule has 19 heavy (non-hydrogen) atoms. The number of hydrogen-bond donors (Lipinski definition) is 0. The van der Waals surface area contributed by atoms with Crippen molar-refractivity contribution in [2.24, 2.45) is 0 Å². The molecule has 2 rings (SSSR count). The predicted molar refractivity (Wildman–Crippen MR) is 79.8 cm³/mol. The zero-order valence-corrected chi connectivity index (χ0v) is 13.1. The van der Waals surface area contributed by atoms with Gasteiger partial charge in [-0.3, -0.25) is 9.48 Å². The van der Waals surface area contributed by atoms with Gasteiger partial charge in [-0.15, -0.1) is 0 Å². The van der Waals surface area contributed by atoms with Crippen LogP contribution in [0.1, 0.15) is 35.9 Å². The van der Waals surface area contributed by atoms with Gasteiger partial charge in [0.1, 0.15) is 5.69 Å². The number of benzene rings is 1. The van der Waals surface area contributed by atoms with Crippen molar-refractivity contribution >= 4 is 33.3 Å². The van der Waals surface area contributed by atoms with Crippen LogP contribution in [-0.4, -0.2) is 15.6 Å². The quantitative estimate of drug-likeness (QED) is 0.777. The zero-order valence-electron chi connectivity index (χ0n) is 10.7. The number of carbonyl (C=O) groups excluding carboxylic acids is 1. The first-order chi connectivity index (χ1) is 8.99. The molecular formula is C14H14BrClN2O. The standard InChI is InChI=1S/C14H14BrClN2O/c1-9(2)18-14(12(15)8-17-18)13(19)7-10-4-3-5-11(16)6-10/h3-6,8-9H,7H2,1-2H3. The summed E-state index contributed by atoms with van der Waals surface area (Å²) in [6.07, 6.45) is 1.97. The Morgan fingerprint density at radius 1 is 1.47 bits per heavy atom. The lowest BCUT2D eigenvalue weighted by molar-refractivity contribution is 0.0980. The fourth-order valence-electron chi connectivity index (χ4n) is 1.91. The van der Waals surface area contributed by atoms with E-state index in [0.717, 1.165) is 10.0 Å². The first-order valence-corrected chi connectivity index (χ1v) is 7.16. The Morgan fingerprint density at radius 2 is 2.21 bits per heavy atom. The molecule has 1 aromatic carbocycles. The van der Waals surface area contributed by atoms with Crippen LogP contribution in [0.5, 0.6) is 0 Å². The molecule has 0 fully saturated rings. The molecule has 0 spiro atoms. The molecule has 1 heterocycles.